The topological polar surface area (TPSA) is 141 Å². The van der Waals surface area contributed by atoms with Crippen molar-refractivity contribution in [2.24, 2.45) is 68.5 Å². The number of carboxylic acid groups (broad SMARTS) is 3. The van der Waals surface area contributed by atoms with Gasteiger partial charge in [-0.05, 0) is 157 Å². The molecule has 5 aliphatic rings. The van der Waals surface area contributed by atoms with Crippen LogP contribution in [0.5, 0.6) is 0 Å². The molecule has 0 heterocycles. The van der Waals surface area contributed by atoms with Crippen molar-refractivity contribution >= 4 is 29.4 Å². The summed E-state index contributed by atoms with van der Waals surface area (Å²) in [6.07, 6.45) is 11.9. The number of benzene rings is 1. The fraction of sp³-hybridized carbons (Fsp3) is 0.696. The van der Waals surface area contributed by atoms with Gasteiger partial charge in [0.25, 0.3) is 0 Å². The van der Waals surface area contributed by atoms with E-state index in [2.05, 4.69) is 59.5 Å². The van der Waals surface area contributed by atoms with Crippen LogP contribution >= 0.6 is 0 Å². The number of allylic oxidation sites excluding steroid dienone is 3. The number of rotatable bonds is 12. The van der Waals surface area contributed by atoms with Crippen molar-refractivity contribution in [1.82, 2.24) is 5.32 Å². The van der Waals surface area contributed by atoms with Gasteiger partial charge in [-0.3, -0.25) is 14.4 Å². The number of aliphatic carboxylic acids is 2. The molecule has 0 aromatic heterocycles. The first-order valence-corrected chi connectivity index (χ1v) is 20.6. The summed E-state index contributed by atoms with van der Waals surface area (Å²) in [4.78, 5) is 49.1. The van der Waals surface area contributed by atoms with E-state index < -0.39 is 29.2 Å². The summed E-state index contributed by atoms with van der Waals surface area (Å²) in [6.45, 7) is 21.5. The molecule has 4 fully saturated rings. The third kappa shape index (κ3) is 6.35. The van der Waals surface area contributed by atoms with Crippen LogP contribution in [-0.4, -0.2) is 45.7 Å². The van der Waals surface area contributed by atoms with E-state index in [9.17, 15) is 34.5 Å². The Morgan fingerprint density at radius 2 is 1.48 bits per heavy atom. The predicted octanol–water partition coefficient (Wildman–Crippen LogP) is 9.74. The Kier molecular flexibility index (Phi) is 10.6. The van der Waals surface area contributed by atoms with Crippen molar-refractivity contribution in [2.75, 3.05) is 6.54 Å². The molecule has 0 saturated heterocycles. The first-order valence-electron chi connectivity index (χ1n) is 20.6. The summed E-state index contributed by atoms with van der Waals surface area (Å²) in [5.74, 6) is -1.40. The van der Waals surface area contributed by atoms with E-state index in [1.165, 1.54) is 11.1 Å². The maximum absolute atomic E-state index is 14.6. The summed E-state index contributed by atoms with van der Waals surface area (Å²) in [7, 11) is 0. The van der Waals surface area contributed by atoms with Crippen LogP contribution in [0.15, 0.2) is 42.5 Å². The van der Waals surface area contributed by atoms with Gasteiger partial charge in [0, 0.05) is 19.4 Å². The van der Waals surface area contributed by atoms with Crippen molar-refractivity contribution in [3.8, 4) is 0 Å². The van der Waals surface area contributed by atoms with Crippen molar-refractivity contribution in [1.29, 1.82) is 0 Å². The Balaban J connectivity index is 1.25. The number of aromatic carboxylic acids is 1. The number of hydrogen-bond donors (Lipinski definition) is 4. The Labute approximate surface area is 322 Å². The first kappa shape index (κ1) is 40.2. The van der Waals surface area contributed by atoms with Crippen molar-refractivity contribution in [3.63, 3.8) is 0 Å². The highest BCUT2D eigenvalue weighted by Gasteiger charge is 2.71. The second-order valence-corrected chi connectivity index (χ2v) is 19.7. The molecule has 0 bridgehead atoms. The molecular formula is C46H65NO7. The number of carbonyl (C=O) groups excluding carboxylic acids is 1. The van der Waals surface area contributed by atoms with Gasteiger partial charge >= 0.3 is 17.9 Å². The maximum Gasteiger partial charge on any atom is 0.335 e. The van der Waals surface area contributed by atoms with E-state index in [1.807, 2.05) is 19.1 Å². The Morgan fingerprint density at radius 3 is 2.07 bits per heavy atom. The SMILES string of the molecule is C=C(C)C1CCC2(C(=O)NCCC(C)C(CC(=O)O)CC(=O)O)CCC3(C)C(CCC4C5(C)CC=C(c6ccc(C(=O)O)cc6)C(C)(C)C5CCC43C)C12. The minimum absolute atomic E-state index is 0.0636. The molecule has 0 spiro atoms. The molecular weight excluding hydrogens is 679 g/mol. The van der Waals surface area contributed by atoms with Crippen LogP contribution in [0.4, 0.5) is 0 Å². The Morgan fingerprint density at radius 1 is 0.833 bits per heavy atom. The largest absolute Gasteiger partial charge is 0.481 e. The minimum atomic E-state index is -0.995. The van der Waals surface area contributed by atoms with Gasteiger partial charge < -0.3 is 20.6 Å². The van der Waals surface area contributed by atoms with Crippen LogP contribution in [0, 0.1) is 68.5 Å². The van der Waals surface area contributed by atoms with Crippen LogP contribution in [-0.2, 0) is 14.4 Å². The number of hydrogen-bond acceptors (Lipinski definition) is 4. The molecule has 1 aromatic rings. The first-order chi connectivity index (χ1) is 25.2. The zero-order valence-electron chi connectivity index (χ0n) is 33.8. The zero-order valence-corrected chi connectivity index (χ0v) is 33.8. The number of amides is 1. The minimum Gasteiger partial charge on any atom is -0.481 e. The van der Waals surface area contributed by atoms with Gasteiger partial charge in [-0.1, -0.05) is 71.9 Å². The molecule has 4 N–H and O–H groups in total. The lowest BCUT2D eigenvalue weighted by molar-refractivity contribution is -0.225. The highest BCUT2D eigenvalue weighted by atomic mass is 16.4. The molecule has 4 saturated carbocycles. The van der Waals surface area contributed by atoms with Gasteiger partial charge in [0.1, 0.15) is 0 Å². The second kappa shape index (κ2) is 14.3. The normalized spacial score (nSPS) is 37.1. The standard InChI is InChI=1S/C46H65NO7/c1-27(2)32-15-21-46(41(54)47-24-18-28(3)31(25-37(48)49)26-38(50)51)23-22-44(7)34(39(32)46)13-14-36-43(6)19-16-33(29-9-11-30(12-10-29)40(52)53)42(4,5)35(43)17-20-45(36,44)8/h9-12,16,28,31-32,34-36,39H,1,13-15,17-26H2,2-8H3,(H,47,54)(H,48,49)(H,50,51)(H,52,53). The fourth-order valence-corrected chi connectivity index (χ4v) is 14.2. The van der Waals surface area contributed by atoms with Gasteiger partial charge in [-0.15, -0.1) is 0 Å². The number of carbonyl (C=O) groups is 4. The Bertz CT molecular complexity index is 1690. The van der Waals surface area contributed by atoms with Crippen LogP contribution in [0.25, 0.3) is 5.57 Å². The van der Waals surface area contributed by atoms with Crippen molar-refractivity contribution in [2.45, 2.75) is 126 Å². The summed E-state index contributed by atoms with van der Waals surface area (Å²) in [6, 6.07) is 7.43. The van der Waals surface area contributed by atoms with Gasteiger partial charge in [0.2, 0.25) is 5.91 Å². The van der Waals surface area contributed by atoms with Gasteiger partial charge in [-0.25, -0.2) is 4.79 Å². The molecule has 54 heavy (non-hydrogen) atoms. The lowest BCUT2D eigenvalue weighted by Crippen LogP contribution is -2.66. The zero-order chi connectivity index (χ0) is 39.6. The third-order valence-electron chi connectivity index (χ3n) is 17.1. The number of fused-ring (bicyclic) bond motifs is 7. The van der Waals surface area contributed by atoms with Crippen LogP contribution in [0.2, 0.25) is 0 Å². The lowest BCUT2D eigenvalue weighted by Gasteiger charge is -2.72. The third-order valence-corrected chi connectivity index (χ3v) is 17.1. The van der Waals surface area contributed by atoms with E-state index in [-0.39, 0.29) is 52.2 Å². The Hall–Kier alpha value is -3.42. The average molecular weight is 744 g/mol. The molecule has 5 aliphatic carbocycles. The molecule has 10 atom stereocenters. The molecule has 1 amide bonds. The van der Waals surface area contributed by atoms with E-state index >= 15 is 0 Å². The molecule has 8 nitrogen and oxygen atoms in total. The molecule has 8 heteroatoms. The van der Waals surface area contributed by atoms with Crippen LogP contribution in [0.3, 0.4) is 0 Å². The molecule has 0 aliphatic heterocycles. The van der Waals surface area contributed by atoms with Crippen LogP contribution < -0.4 is 5.32 Å². The van der Waals surface area contributed by atoms with Crippen molar-refractivity contribution in [3.05, 3.63) is 53.6 Å². The summed E-state index contributed by atoms with van der Waals surface area (Å²) >= 11 is 0. The molecule has 6 rings (SSSR count). The fourth-order valence-electron chi connectivity index (χ4n) is 14.2. The number of carboxylic acids is 3. The molecule has 1 aromatic carbocycles. The maximum atomic E-state index is 14.6. The summed E-state index contributed by atoms with van der Waals surface area (Å²) in [5, 5.41) is 31.6. The number of nitrogens with one attached hydrogen (secondary N) is 1. The predicted molar refractivity (Wildman–Crippen MR) is 211 cm³/mol. The lowest BCUT2D eigenvalue weighted by atomic mass is 9.32. The molecule has 10 unspecified atom stereocenters. The van der Waals surface area contributed by atoms with Gasteiger partial charge in [0.15, 0.2) is 0 Å². The average Bonchev–Trinajstić information content (AvgIpc) is 3.49. The molecule has 0 radical (unpaired) electrons. The highest BCUT2D eigenvalue weighted by molar-refractivity contribution is 5.88. The van der Waals surface area contributed by atoms with Gasteiger partial charge in [-0.2, -0.15) is 0 Å². The van der Waals surface area contributed by atoms with Crippen LogP contribution in [0.1, 0.15) is 141 Å². The smallest absolute Gasteiger partial charge is 0.335 e. The summed E-state index contributed by atoms with van der Waals surface area (Å²) < 4.78 is 0. The van der Waals surface area contributed by atoms with E-state index in [0.29, 0.717) is 42.2 Å². The highest BCUT2D eigenvalue weighted by Crippen LogP contribution is 2.77. The summed E-state index contributed by atoms with van der Waals surface area (Å²) in [5.41, 5.74) is 3.76. The van der Waals surface area contributed by atoms with E-state index in [0.717, 1.165) is 63.4 Å². The quantitative estimate of drug-likeness (QED) is 0.156. The molecule has 296 valence electrons. The monoisotopic (exact) mass is 743 g/mol. The van der Waals surface area contributed by atoms with E-state index in [4.69, 9.17) is 0 Å². The van der Waals surface area contributed by atoms with E-state index in [1.54, 1.807) is 12.1 Å². The van der Waals surface area contributed by atoms with Gasteiger partial charge in [0.05, 0.1) is 11.0 Å². The second-order valence-electron chi connectivity index (χ2n) is 19.7. The van der Waals surface area contributed by atoms with Crippen molar-refractivity contribution < 1.29 is 34.5 Å².